The van der Waals surface area contributed by atoms with Gasteiger partial charge in [-0.3, -0.25) is 0 Å². The van der Waals surface area contributed by atoms with Crippen LogP contribution in [0.3, 0.4) is 0 Å². The minimum atomic E-state index is -0.0740. The van der Waals surface area contributed by atoms with Gasteiger partial charge in [-0.05, 0) is 18.8 Å². The summed E-state index contributed by atoms with van der Waals surface area (Å²) in [6.45, 7) is 1.83. The monoisotopic (exact) mass is 265 g/mol. The number of nitrogen functional groups attached to an aromatic ring is 1. The smallest absolute Gasteiger partial charge is 0.170 e. The van der Waals surface area contributed by atoms with Crippen molar-refractivity contribution in [3.8, 4) is 6.07 Å². The van der Waals surface area contributed by atoms with E-state index in [2.05, 4.69) is 11.2 Å². The standard InChI is InChI=1S/C12H19N5O2/c13-6-10-11(14)17(4-5-18)15-12(10)16-3-1-2-9(7-16)8-19/h9,18-19H,1-5,7-8,14H2. The molecule has 0 spiro atoms. The Labute approximate surface area is 111 Å². The van der Waals surface area contributed by atoms with Crippen LogP contribution in [0, 0.1) is 17.2 Å². The molecule has 1 aromatic rings. The third-order valence-corrected chi connectivity index (χ3v) is 3.47. The van der Waals surface area contributed by atoms with Gasteiger partial charge < -0.3 is 20.8 Å². The summed E-state index contributed by atoms with van der Waals surface area (Å²) < 4.78 is 1.45. The quantitative estimate of drug-likeness (QED) is 0.679. The summed E-state index contributed by atoms with van der Waals surface area (Å²) in [7, 11) is 0. The highest BCUT2D eigenvalue weighted by atomic mass is 16.3. The van der Waals surface area contributed by atoms with Gasteiger partial charge in [-0.1, -0.05) is 0 Å². The van der Waals surface area contributed by atoms with Crippen molar-refractivity contribution in [1.29, 1.82) is 5.26 Å². The molecule has 104 valence electrons. The molecule has 1 unspecified atom stereocenters. The number of nitrogens with zero attached hydrogens (tertiary/aromatic N) is 4. The van der Waals surface area contributed by atoms with Crippen molar-refractivity contribution >= 4 is 11.6 Å². The van der Waals surface area contributed by atoms with Crippen LogP contribution in [0.4, 0.5) is 11.6 Å². The topological polar surface area (TPSA) is 111 Å². The molecule has 0 aliphatic carbocycles. The van der Waals surface area contributed by atoms with Gasteiger partial charge in [0.05, 0.1) is 13.2 Å². The van der Waals surface area contributed by atoms with Crippen LogP contribution in [0.1, 0.15) is 18.4 Å². The zero-order valence-electron chi connectivity index (χ0n) is 10.8. The molecule has 1 saturated heterocycles. The van der Waals surface area contributed by atoms with Crippen molar-refractivity contribution in [2.45, 2.75) is 19.4 Å². The summed E-state index contributed by atoms with van der Waals surface area (Å²) in [6.07, 6.45) is 1.95. The number of hydrogen-bond donors (Lipinski definition) is 3. The Morgan fingerprint density at radius 3 is 2.89 bits per heavy atom. The maximum atomic E-state index is 9.25. The second-order valence-corrected chi connectivity index (χ2v) is 4.78. The van der Waals surface area contributed by atoms with Crippen LogP contribution in [-0.2, 0) is 6.54 Å². The fourth-order valence-corrected chi connectivity index (χ4v) is 2.46. The lowest BCUT2D eigenvalue weighted by Gasteiger charge is -2.32. The van der Waals surface area contributed by atoms with Crippen LogP contribution >= 0.6 is 0 Å². The van der Waals surface area contributed by atoms with E-state index in [-0.39, 0.29) is 31.5 Å². The molecular formula is C12H19N5O2. The number of rotatable bonds is 4. The van der Waals surface area contributed by atoms with E-state index < -0.39 is 0 Å². The van der Waals surface area contributed by atoms with Crippen molar-refractivity contribution in [1.82, 2.24) is 9.78 Å². The Bertz CT molecular complexity index is 479. The van der Waals surface area contributed by atoms with Gasteiger partial charge >= 0.3 is 0 Å². The van der Waals surface area contributed by atoms with Crippen molar-refractivity contribution in [2.75, 3.05) is 36.9 Å². The van der Waals surface area contributed by atoms with Gasteiger partial charge in [-0.15, -0.1) is 0 Å². The Hall–Kier alpha value is -1.78. The van der Waals surface area contributed by atoms with E-state index >= 15 is 0 Å². The van der Waals surface area contributed by atoms with E-state index in [1.165, 1.54) is 4.68 Å². The van der Waals surface area contributed by atoms with E-state index in [0.29, 0.717) is 17.9 Å². The molecule has 0 bridgehead atoms. The molecular weight excluding hydrogens is 246 g/mol. The van der Waals surface area contributed by atoms with E-state index in [4.69, 9.17) is 10.8 Å². The van der Waals surface area contributed by atoms with Gasteiger partial charge in [0.25, 0.3) is 0 Å². The maximum Gasteiger partial charge on any atom is 0.170 e. The molecule has 1 aliphatic rings. The van der Waals surface area contributed by atoms with Gasteiger partial charge in [-0.25, -0.2) is 4.68 Å². The molecule has 0 radical (unpaired) electrons. The summed E-state index contributed by atoms with van der Waals surface area (Å²) in [5, 5.41) is 31.7. The number of hydrogen-bond acceptors (Lipinski definition) is 6. The van der Waals surface area contributed by atoms with Gasteiger partial charge in [-0.2, -0.15) is 10.4 Å². The van der Waals surface area contributed by atoms with Crippen LogP contribution in [-0.4, -0.2) is 46.3 Å². The molecule has 1 aliphatic heterocycles. The molecule has 0 amide bonds. The molecule has 7 heteroatoms. The molecule has 1 fully saturated rings. The first kappa shape index (κ1) is 13.6. The highest BCUT2D eigenvalue weighted by Crippen LogP contribution is 2.28. The number of aromatic nitrogens is 2. The first-order valence-corrected chi connectivity index (χ1v) is 6.44. The van der Waals surface area contributed by atoms with Crippen molar-refractivity contribution < 1.29 is 10.2 Å². The lowest BCUT2D eigenvalue weighted by atomic mass is 9.99. The summed E-state index contributed by atoms with van der Waals surface area (Å²) in [5.41, 5.74) is 6.22. The molecule has 0 saturated carbocycles. The highest BCUT2D eigenvalue weighted by Gasteiger charge is 2.25. The molecule has 2 heterocycles. The number of anilines is 2. The lowest BCUT2D eigenvalue weighted by Crippen LogP contribution is -2.37. The minimum absolute atomic E-state index is 0.0740. The van der Waals surface area contributed by atoms with E-state index in [9.17, 15) is 10.4 Å². The van der Waals surface area contributed by atoms with Crippen LogP contribution in [0.2, 0.25) is 0 Å². The van der Waals surface area contributed by atoms with Gasteiger partial charge in [0.15, 0.2) is 5.82 Å². The van der Waals surface area contributed by atoms with Gasteiger partial charge in [0, 0.05) is 19.7 Å². The number of aliphatic hydroxyl groups is 2. The summed E-state index contributed by atoms with van der Waals surface area (Å²) in [4.78, 5) is 1.99. The normalized spacial score (nSPS) is 19.4. The molecule has 7 nitrogen and oxygen atoms in total. The van der Waals surface area contributed by atoms with Gasteiger partial charge in [0.2, 0.25) is 0 Å². The third-order valence-electron chi connectivity index (χ3n) is 3.47. The molecule has 19 heavy (non-hydrogen) atoms. The predicted molar refractivity (Wildman–Crippen MR) is 70.5 cm³/mol. The molecule has 4 N–H and O–H groups in total. The van der Waals surface area contributed by atoms with Crippen LogP contribution < -0.4 is 10.6 Å². The van der Waals surface area contributed by atoms with Gasteiger partial charge in [0.1, 0.15) is 17.5 Å². The van der Waals surface area contributed by atoms with Crippen LogP contribution in [0.15, 0.2) is 0 Å². The zero-order valence-corrected chi connectivity index (χ0v) is 10.8. The second-order valence-electron chi connectivity index (χ2n) is 4.78. The average Bonchev–Trinajstić information content (AvgIpc) is 2.76. The summed E-state index contributed by atoms with van der Waals surface area (Å²) in [6, 6.07) is 2.08. The number of piperidine rings is 1. The Balaban J connectivity index is 2.28. The third kappa shape index (κ3) is 2.64. The highest BCUT2D eigenvalue weighted by molar-refractivity contribution is 5.65. The SMILES string of the molecule is N#Cc1c(N2CCCC(CO)C2)nn(CCO)c1N. The first-order chi connectivity index (χ1) is 9.21. The molecule has 0 aromatic carbocycles. The van der Waals surface area contributed by atoms with Crippen molar-refractivity contribution in [2.24, 2.45) is 5.92 Å². The summed E-state index contributed by atoms with van der Waals surface area (Å²) >= 11 is 0. The molecule has 1 aromatic heterocycles. The minimum Gasteiger partial charge on any atom is -0.396 e. The van der Waals surface area contributed by atoms with Crippen LogP contribution in [0.5, 0.6) is 0 Å². The lowest BCUT2D eigenvalue weighted by molar-refractivity contribution is 0.208. The number of nitrogens with two attached hydrogens (primary N) is 1. The molecule has 2 rings (SSSR count). The number of nitriles is 1. The fraction of sp³-hybridized carbons (Fsp3) is 0.667. The number of aliphatic hydroxyl groups excluding tert-OH is 2. The fourth-order valence-electron chi connectivity index (χ4n) is 2.46. The van der Waals surface area contributed by atoms with Crippen LogP contribution in [0.25, 0.3) is 0 Å². The predicted octanol–water partition coefficient (Wildman–Crippen LogP) is -0.462. The largest absolute Gasteiger partial charge is 0.396 e. The van der Waals surface area contributed by atoms with E-state index in [1.807, 2.05) is 4.90 Å². The Morgan fingerprint density at radius 1 is 1.47 bits per heavy atom. The maximum absolute atomic E-state index is 9.25. The second kappa shape index (κ2) is 5.91. The zero-order chi connectivity index (χ0) is 13.8. The Kier molecular flexibility index (Phi) is 4.24. The van der Waals surface area contributed by atoms with E-state index in [0.717, 1.165) is 19.4 Å². The average molecular weight is 265 g/mol. The van der Waals surface area contributed by atoms with Crippen molar-refractivity contribution in [3.05, 3.63) is 5.56 Å². The molecule has 1 atom stereocenters. The summed E-state index contributed by atoms with van der Waals surface area (Å²) in [5.74, 6) is 1.06. The Morgan fingerprint density at radius 2 is 2.26 bits per heavy atom. The van der Waals surface area contributed by atoms with E-state index in [1.54, 1.807) is 0 Å². The van der Waals surface area contributed by atoms with Crippen molar-refractivity contribution in [3.63, 3.8) is 0 Å². The first-order valence-electron chi connectivity index (χ1n) is 6.44.